The van der Waals surface area contributed by atoms with E-state index in [-0.39, 0.29) is 5.78 Å². The lowest BCUT2D eigenvalue weighted by Gasteiger charge is -2.10. The molecule has 2 aromatic carbocycles. The summed E-state index contributed by atoms with van der Waals surface area (Å²) in [5.74, 6) is 1.95. The fraction of sp³-hybridized carbons (Fsp3) is 0.240. The summed E-state index contributed by atoms with van der Waals surface area (Å²) in [5, 5.41) is 9.31. The van der Waals surface area contributed by atoms with Crippen molar-refractivity contribution in [3.8, 4) is 17.1 Å². The number of Topliss-reactive ketones (excluding diaryl/α,β-unsaturated/α-hetero) is 1. The van der Waals surface area contributed by atoms with Crippen LogP contribution in [0.15, 0.2) is 65.8 Å². The Kier molecular flexibility index (Phi) is 6.46. The summed E-state index contributed by atoms with van der Waals surface area (Å²) in [4.78, 5) is 13.0. The van der Waals surface area contributed by atoms with Crippen LogP contribution in [-0.2, 0) is 13.6 Å². The predicted octanol–water partition coefficient (Wildman–Crippen LogP) is 4.93. The fourth-order valence-corrected chi connectivity index (χ4v) is 4.53. The molecule has 0 aliphatic carbocycles. The quantitative estimate of drug-likeness (QED) is 0.284. The fourth-order valence-electron chi connectivity index (χ4n) is 3.73. The summed E-state index contributed by atoms with van der Waals surface area (Å²) in [5.41, 5.74) is 5.01. The van der Waals surface area contributed by atoms with Crippen molar-refractivity contribution >= 4 is 17.5 Å². The molecule has 4 aromatic rings. The Balaban J connectivity index is 1.46. The molecule has 0 fully saturated rings. The number of aryl methyl sites for hydroxylation is 1. The van der Waals surface area contributed by atoms with Crippen LogP contribution in [0.3, 0.4) is 0 Å². The lowest BCUT2D eigenvalue weighted by atomic mass is 10.2. The number of methoxy groups -OCH3 is 1. The molecule has 2 heterocycles. The number of rotatable bonds is 8. The number of ketones is 1. The molecular weight excluding hydrogens is 420 g/mol. The molecule has 0 radical (unpaired) electrons. The van der Waals surface area contributed by atoms with Gasteiger partial charge in [-0.15, -0.1) is 10.2 Å². The first-order chi connectivity index (χ1) is 15.5. The van der Waals surface area contributed by atoms with Crippen molar-refractivity contribution in [3.63, 3.8) is 0 Å². The van der Waals surface area contributed by atoms with Crippen molar-refractivity contribution in [3.05, 3.63) is 83.2 Å². The Labute approximate surface area is 192 Å². The van der Waals surface area contributed by atoms with Gasteiger partial charge in [0.2, 0.25) is 0 Å². The van der Waals surface area contributed by atoms with E-state index < -0.39 is 0 Å². The second-order valence-corrected chi connectivity index (χ2v) is 8.60. The molecule has 0 saturated heterocycles. The third kappa shape index (κ3) is 4.48. The first-order valence-corrected chi connectivity index (χ1v) is 11.4. The molecule has 0 aliphatic heterocycles. The minimum atomic E-state index is 0.0939. The minimum absolute atomic E-state index is 0.0939. The molecule has 0 unspecified atom stereocenters. The van der Waals surface area contributed by atoms with Crippen LogP contribution in [0.1, 0.15) is 27.3 Å². The lowest BCUT2D eigenvalue weighted by Crippen LogP contribution is -2.08. The van der Waals surface area contributed by atoms with Crippen molar-refractivity contribution < 1.29 is 9.53 Å². The summed E-state index contributed by atoms with van der Waals surface area (Å²) in [6, 6.07) is 20.0. The molecule has 6 nitrogen and oxygen atoms in total. The number of carbonyl (C=O) groups excluding carboxylic acids is 1. The van der Waals surface area contributed by atoms with E-state index in [0.29, 0.717) is 10.9 Å². The van der Waals surface area contributed by atoms with Crippen molar-refractivity contribution in [2.75, 3.05) is 12.9 Å². The van der Waals surface area contributed by atoms with Gasteiger partial charge in [-0.3, -0.25) is 4.79 Å². The summed E-state index contributed by atoms with van der Waals surface area (Å²) in [7, 11) is 3.56. The Morgan fingerprint density at radius 3 is 2.44 bits per heavy atom. The molecule has 0 aliphatic rings. The molecule has 0 saturated carbocycles. The second-order valence-electron chi connectivity index (χ2n) is 7.66. The maximum Gasteiger partial charge on any atom is 0.191 e. The van der Waals surface area contributed by atoms with Gasteiger partial charge in [0.05, 0.1) is 12.9 Å². The highest BCUT2D eigenvalue weighted by molar-refractivity contribution is 7.99. The summed E-state index contributed by atoms with van der Waals surface area (Å²) >= 11 is 1.41. The number of aromatic nitrogens is 4. The van der Waals surface area contributed by atoms with E-state index in [2.05, 4.69) is 26.9 Å². The summed E-state index contributed by atoms with van der Waals surface area (Å²) < 4.78 is 9.32. The third-order valence-electron chi connectivity index (χ3n) is 5.57. The summed E-state index contributed by atoms with van der Waals surface area (Å²) in [6.07, 6.45) is 0. The maximum absolute atomic E-state index is 13.0. The molecule has 0 atom stereocenters. The zero-order chi connectivity index (χ0) is 22.7. The Morgan fingerprint density at radius 2 is 1.75 bits per heavy atom. The van der Waals surface area contributed by atoms with Gasteiger partial charge in [-0.25, -0.2) is 0 Å². The van der Waals surface area contributed by atoms with Crippen LogP contribution in [0.5, 0.6) is 5.75 Å². The van der Waals surface area contributed by atoms with Crippen molar-refractivity contribution in [2.45, 2.75) is 25.5 Å². The van der Waals surface area contributed by atoms with Gasteiger partial charge in [0.1, 0.15) is 5.75 Å². The van der Waals surface area contributed by atoms with E-state index in [1.165, 1.54) is 17.3 Å². The van der Waals surface area contributed by atoms with Crippen molar-refractivity contribution in [2.24, 2.45) is 7.05 Å². The van der Waals surface area contributed by atoms with E-state index >= 15 is 0 Å². The molecule has 0 N–H and O–H groups in total. The highest BCUT2D eigenvalue weighted by Crippen LogP contribution is 2.26. The van der Waals surface area contributed by atoms with E-state index in [0.717, 1.165) is 40.6 Å². The molecular formula is C25H26N4O2S. The maximum atomic E-state index is 13.0. The second kappa shape index (κ2) is 9.44. The van der Waals surface area contributed by atoms with Gasteiger partial charge in [0, 0.05) is 36.1 Å². The SMILES string of the molecule is COc1ccc(-c2nnc(SCC(=O)c3cc(C)n(Cc4ccccc4)c3C)n2C)cc1. The first-order valence-electron chi connectivity index (χ1n) is 10.4. The average Bonchev–Trinajstić information content (AvgIpc) is 3.32. The topological polar surface area (TPSA) is 61.9 Å². The van der Waals surface area contributed by atoms with E-state index in [4.69, 9.17) is 4.74 Å². The molecule has 32 heavy (non-hydrogen) atoms. The zero-order valence-electron chi connectivity index (χ0n) is 18.7. The molecule has 7 heteroatoms. The number of hydrogen-bond acceptors (Lipinski definition) is 5. The molecule has 0 amide bonds. The predicted molar refractivity (Wildman–Crippen MR) is 127 cm³/mol. The van der Waals surface area contributed by atoms with Crippen molar-refractivity contribution in [1.29, 1.82) is 0 Å². The molecule has 4 rings (SSSR count). The van der Waals surface area contributed by atoms with E-state index in [1.54, 1.807) is 7.11 Å². The number of ether oxygens (including phenoxy) is 1. The smallest absolute Gasteiger partial charge is 0.191 e. The van der Waals surface area contributed by atoms with Gasteiger partial charge in [-0.1, -0.05) is 42.1 Å². The van der Waals surface area contributed by atoms with Gasteiger partial charge in [-0.05, 0) is 49.7 Å². The summed E-state index contributed by atoms with van der Waals surface area (Å²) in [6.45, 7) is 4.81. The van der Waals surface area contributed by atoms with Crippen LogP contribution in [-0.4, -0.2) is 38.0 Å². The Hall–Kier alpha value is -3.32. The molecule has 164 valence electrons. The monoisotopic (exact) mass is 446 g/mol. The number of hydrogen-bond donors (Lipinski definition) is 0. The number of nitrogens with zero attached hydrogens (tertiary/aromatic N) is 4. The van der Waals surface area contributed by atoms with Crippen LogP contribution in [0.2, 0.25) is 0 Å². The highest BCUT2D eigenvalue weighted by Gasteiger charge is 2.18. The number of benzene rings is 2. The minimum Gasteiger partial charge on any atom is -0.497 e. The largest absolute Gasteiger partial charge is 0.497 e. The third-order valence-corrected chi connectivity index (χ3v) is 6.59. The van der Waals surface area contributed by atoms with Crippen molar-refractivity contribution in [1.82, 2.24) is 19.3 Å². The van der Waals surface area contributed by atoms with Gasteiger partial charge >= 0.3 is 0 Å². The average molecular weight is 447 g/mol. The van der Waals surface area contributed by atoms with Gasteiger partial charge < -0.3 is 13.9 Å². The highest BCUT2D eigenvalue weighted by atomic mass is 32.2. The van der Waals surface area contributed by atoms with Gasteiger partial charge in [-0.2, -0.15) is 0 Å². The number of carbonyl (C=O) groups is 1. The van der Waals surface area contributed by atoms with Crippen LogP contribution in [0, 0.1) is 13.8 Å². The Morgan fingerprint density at radius 1 is 1.03 bits per heavy atom. The zero-order valence-corrected chi connectivity index (χ0v) is 19.5. The van der Waals surface area contributed by atoms with Crippen LogP contribution >= 0.6 is 11.8 Å². The van der Waals surface area contributed by atoms with Gasteiger partial charge in [0.25, 0.3) is 0 Å². The van der Waals surface area contributed by atoms with E-state index in [1.807, 2.05) is 74.0 Å². The van der Waals surface area contributed by atoms with Gasteiger partial charge in [0.15, 0.2) is 16.8 Å². The molecule has 0 spiro atoms. The van der Waals surface area contributed by atoms with E-state index in [9.17, 15) is 4.79 Å². The van der Waals surface area contributed by atoms with Crippen LogP contribution in [0.25, 0.3) is 11.4 Å². The normalized spacial score (nSPS) is 11.0. The molecule has 0 bridgehead atoms. The van der Waals surface area contributed by atoms with Crippen LogP contribution < -0.4 is 4.74 Å². The first kappa shape index (κ1) is 21.9. The number of thioether (sulfide) groups is 1. The molecule has 2 aromatic heterocycles. The van der Waals surface area contributed by atoms with Crippen LogP contribution in [0.4, 0.5) is 0 Å². The lowest BCUT2D eigenvalue weighted by molar-refractivity contribution is 0.102. The Bertz CT molecular complexity index is 1230. The standard InChI is InChI=1S/C25H26N4O2S/c1-17-14-22(18(2)29(17)15-19-8-6-5-7-9-19)23(30)16-32-25-27-26-24(28(25)3)20-10-12-21(31-4)13-11-20/h5-14H,15-16H2,1-4H3.